The highest BCUT2D eigenvalue weighted by atomic mass is 16.5. The van der Waals surface area contributed by atoms with Crippen molar-refractivity contribution in [3.63, 3.8) is 0 Å². The fourth-order valence-corrected chi connectivity index (χ4v) is 2.17. The van der Waals surface area contributed by atoms with Gasteiger partial charge in [0.1, 0.15) is 0 Å². The molecule has 94 valence electrons. The molecule has 4 nitrogen and oxygen atoms in total. The van der Waals surface area contributed by atoms with Crippen LogP contribution in [0.1, 0.15) is 19.8 Å². The first-order valence-electron chi connectivity index (χ1n) is 6.17. The van der Waals surface area contributed by atoms with Crippen molar-refractivity contribution >= 4 is 11.4 Å². The highest BCUT2D eigenvalue weighted by Gasteiger charge is 2.21. The summed E-state index contributed by atoms with van der Waals surface area (Å²) in [5, 5.41) is 3.43. The SMILES string of the molecule is CC1CCC(CNc2cnccc2N(C)C)O1. The summed E-state index contributed by atoms with van der Waals surface area (Å²) < 4.78 is 5.79. The Balaban J connectivity index is 1.94. The van der Waals surface area contributed by atoms with Gasteiger partial charge in [0.05, 0.1) is 29.8 Å². The standard InChI is InChI=1S/C13H21N3O/c1-10-4-5-11(17-10)8-15-12-9-14-7-6-13(12)16(2)3/h6-7,9-11,15H,4-5,8H2,1-3H3. The molecule has 2 heterocycles. The van der Waals surface area contributed by atoms with Gasteiger partial charge in [-0.05, 0) is 25.8 Å². The molecule has 0 saturated carbocycles. The van der Waals surface area contributed by atoms with Crippen molar-refractivity contribution in [1.29, 1.82) is 0 Å². The third kappa shape index (κ3) is 3.09. The van der Waals surface area contributed by atoms with Crippen molar-refractivity contribution in [1.82, 2.24) is 4.98 Å². The highest BCUT2D eigenvalue weighted by molar-refractivity contribution is 5.68. The molecule has 1 aromatic heterocycles. The van der Waals surface area contributed by atoms with Crippen molar-refractivity contribution < 1.29 is 4.74 Å². The molecule has 0 amide bonds. The minimum absolute atomic E-state index is 0.334. The molecule has 1 aliphatic heterocycles. The Morgan fingerprint density at radius 1 is 1.47 bits per heavy atom. The van der Waals surface area contributed by atoms with Gasteiger partial charge in [-0.3, -0.25) is 4.98 Å². The topological polar surface area (TPSA) is 37.4 Å². The van der Waals surface area contributed by atoms with Crippen molar-refractivity contribution in [3.8, 4) is 0 Å². The Morgan fingerprint density at radius 2 is 2.29 bits per heavy atom. The first-order chi connectivity index (χ1) is 8.16. The van der Waals surface area contributed by atoms with E-state index >= 15 is 0 Å². The van der Waals surface area contributed by atoms with E-state index in [2.05, 4.69) is 22.1 Å². The average Bonchev–Trinajstić information content (AvgIpc) is 2.73. The number of ether oxygens (including phenoxy) is 1. The van der Waals surface area contributed by atoms with Gasteiger partial charge in [-0.25, -0.2) is 0 Å². The minimum Gasteiger partial charge on any atom is -0.380 e. The third-order valence-electron chi connectivity index (χ3n) is 3.12. The van der Waals surface area contributed by atoms with E-state index in [1.165, 1.54) is 6.42 Å². The predicted molar refractivity (Wildman–Crippen MR) is 70.6 cm³/mol. The first kappa shape index (κ1) is 12.2. The molecule has 0 bridgehead atoms. The van der Waals surface area contributed by atoms with Crippen LogP contribution in [-0.4, -0.2) is 37.8 Å². The van der Waals surface area contributed by atoms with Crippen LogP contribution in [0.5, 0.6) is 0 Å². The summed E-state index contributed by atoms with van der Waals surface area (Å²) in [7, 11) is 4.07. The Morgan fingerprint density at radius 3 is 2.94 bits per heavy atom. The lowest BCUT2D eigenvalue weighted by atomic mass is 10.2. The molecule has 0 radical (unpaired) electrons. The number of rotatable bonds is 4. The van der Waals surface area contributed by atoms with Crippen LogP contribution >= 0.6 is 0 Å². The van der Waals surface area contributed by atoms with Crippen LogP contribution in [0.3, 0.4) is 0 Å². The fourth-order valence-electron chi connectivity index (χ4n) is 2.17. The summed E-state index contributed by atoms with van der Waals surface area (Å²) in [4.78, 5) is 6.24. The van der Waals surface area contributed by atoms with Crippen LogP contribution in [0.4, 0.5) is 11.4 Å². The summed E-state index contributed by atoms with van der Waals surface area (Å²) in [6.45, 7) is 2.99. The monoisotopic (exact) mass is 235 g/mol. The van der Waals surface area contributed by atoms with Gasteiger partial charge in [0.15, 0.2) is 0 Å². The molecule has 0 spiro atoms. The lowest BCUT2D eigenvalue weighted by molar-refractivity contribution is 0.0637. The zero-order chi connectivity index (χ0) is 12.3. The molecule has 17 heavy (non-hydrogen) atoms. The Kier molecular flexibility index (Phi) is 3.84. The quantitative estimate of drug-likeness (QED) is 0.867. The van der Waals surface area contributed by atoms with Gasteiger partial charge < -0.3 is 15.0 Å². The van der Waals surface area contributed by atoms with Gasteiger partial charge in [-0.15, -0.1) is 0 Å². The molecule has 1 aromatic rings. The highest BCUT2D eigenvalue weighted by Crippen LogP contribution is 2.24. The van der Waals surface area contributed by atoms with Gasteiger partial charge in [-0.1, -0.05) is 0 Å². The zero-order valence-electron chi connectivity index (χ0n) is 10.8. The van der Waals surface area contributed by atoms with E-state index < -0.39 is 0 Å². The van der Waals surface area contributed by atoms with Gasteiger partial charge in [-0.2, -0.15) is 0 Å². The zero-order valence-corrected chi connectivity index (χ0v) is 10.8. The molecule has 1 fully saturated rings. The summed E-state index contributed by atoms with van der Waals surface area (Å²) >= 11 is 0. The molecule has 0 aliphatic carbocycles. The van der Waals surface area contributed by atoms with Crippen molar-refractivity contribution in [3.05, 3.63) is 18.5 Å². The Bertz CT molecular complexity index is 367. The maximum Gasteiger partial charge on any atom is 0.0765 e. The predicted octanol–water partition coefficient (Wildman–Crippen LogP) is 2.13. The molecule has 2 unspecified atom stereocenters. The number of nitrogens with zero attached hydrogens (tertiary/aromatic N) is 2. The second-order valence-corrected chi connectivity index (χ2v) is 4.81. The van der Waals surface area contributed by atoms with E-state index in [9.17, 15) is 0 Å². The smallest absolute Gasteiger partial charge is 0.0765 e. The van der Waals surface area contributed by atoms with Crippen molar-refractivity contribution in [2.75, 3.05) is 30.9 Å². The van der Waals surface area contributed by atoms with Crippen LogP contribution in [-0.2, 0) is 4.74 Å². The molecule has 1 saturated heterocycles. The van der Waals surface area contributed by atoms with E-state index in [4.69, 9.17) is 4.74 Å². The molecule has 4 heteroatoms. The number of anilines is 2. The largest absolute Gasteiger partial charge is 0.380 e. The van der Waals surface area contributed by atoms with Gasteiger partial charge >= 0.3 is 0 Å². The molecule has 2 atom stereocenters. The lowest BCUT2D eigenvalue weighted by Gasteiger charge is -2.19. The van der Waals surface area contributed by atoms with E-state index in [1.807, 2.05) is 32.6 Å². The van der Waals surface area contributed by atoms with E-state index in [0.29, 0.717) is 12.2 Å². The number of pyridine rings is 1. The minimum atomic E-state index is 0.334. The molecule has 1 N–H and O–H groups in total. The molecular formula is C13H21N3O. The average molecular weight is 235 g/mol. The van der Waals surface area contributed by atoms with Gasteiger partial charge in [0.25, 0.3) is 0 Å². The number of hydrogen-bond donors (Lipinski definition) is 1. The third-order valence-corrected chi connectivity index (χ3v) is 3.12. The van der Waals surface area contributed by atoms with Crippen LogP contribution in [0, 0.1) is 0 Å². The van der Waals surface area contributed by atoms with Gasteiger partial charge in [0, 0.05) is 26.8 Å². The molecule has 2 rings (SSSR count). The van der Waals surface area contributed by atoms with Crippen LogP contribution in [0.25, 0.3) is 0 Å². The Hall–Kier alpha value is -1.29. The Labute approximate surface area is 103 Å². The maximum atomic E-state index is 5.79. The molecule has 1 aliphatic rings. The van der Waals surface area contributed by atoms with Crippen LogP contribution in [0.15, 0.2) is 18.5 Å². The van der Waals surface area contributed by atoms with Crippen LogP contribution < -0.4 is 10.2 Å². The van der Waals surface area contributed by atoms with Crippen molar-refractivity contribution in [2.45, 2.75) is 32.0 Å². The van der Waals surface area contributed by atoms with Crippen molar-refractivity contribution in [2.24, 2.45) is 0 Å². The normalized spacial score (nSPS) is 23.7. The van der Waals surface area contributed by atoms with Crippen LogP contribution in [0.2, 0.25) is 0 Å². The number of nitrogens with one attached hydrogen (secondary N) is 1. The molecular weight excluding hydrogens is 214 g/mol. The first-order valence-corrected chi connectivity index (χ1v) is 6.17. The summed E-state index contributed by atoms with van der Waals surface area (Å²) in [5.41, 5.74) is 2.23. The summed E-state index contributed by atoms with van der Waals surface area (Å²) in [6, 6.07) is 2.01. The number of aromatic nitrogens is 1. The summed E-state index contributed by atoms with van der Waals surface area (Å²) in [6.07, 6.45) is 6.73. The second-order valence-electron chi connectivity index (χ2n) is 4.81. The van der Waals surface area contributed by atoms with E-state index in [0.717, 1.165) is 24.3 Å². The maximum absolute atomic E-state index is 5.79. The van der Waals surface area contributed by atoms with E-state index in [1.54, 1.807) is 0 Å². The lowest BCUT2D eigenvalue weighted by Crippen LogP contribution is -2.21. The summed E-state index contributed by atoms with van der Waals surface area (Å²) in [5.74, 6) is 0. The van der Waals surface area contributed by atoms with Gasteiger partial charge in [0.2, 0.25) is 0 Å². The molecule has 0 aromatic carbocycles. The second kappa shape index (κ2) is 5.36. The number of hydrogen-bond acceptors (Lipinski definition) is 4. The van der Waals surface area contributed by atoms with E-state index in [-0.39, 0.29) is 0 Å². The fraction of sp³-hybridized carbons (Fsp3) is 0.615.